The third kappa shape index (κ3) is 7.92. The second-order valence-electron chi connectivity index (χ2n) is 2.75. The van der Waals surface area contributed by atoms with Crippen LogP contribution in [0.1, 0.15) is 0 Å². The van der Waals surface area contributed by atoms with Gasteiger partial charge in [0, 0.05) is 13.1 Å². The minimum atomic E-state index is -4.05. The molecule has 0 aliphatic carbocycles. The summed E-state index contributed by atoms with van der Waals surface area (Å²) in [5.74, 6) is -1.10. The van der Waals surface area contributed by atoms with Gasteiger partial charge in [-0.25, -0.2) is 0 Å². The molecule has 7 nitrogen and oxygen atoms in total. The number of primary amides is 1. The Kier molecular flexibility index (Phi) is 5.62. The fourth-order valence-electron chi connectivity index (χ4n) is 0.876. The predicted molar refractivity (Wildman–Crippen MR) is 49.1 cm³/mol. The van der Waals surface area contributed by atoms with Crippen molar-refractivity contribution in [3.63, 3.8) is 0 Å². The number of carbonyl (C=O) groups is 1. The second-order valence-corrected chi connectivity index (χ2v) is 4.32. The summed E-state index contributed by atoms with van der Waals surface area (Å²) in [5.41, 5.74) is 4.89. The molecule has 84 valence electrons. The lowest BCUT2D eigenvalue weighted by Gasteiger charge is -2.18. The zero-order chi connectivity index (χ0) is 11.2. The highest BCUT2D eigenvalue weighted by atomic mass is 32.2. The fourth-order valence-corrected chi connectivity index (χ4v) is 1.37. The Morgan fingerprint density at radius 3 is 2.29 bits per heavy atom. The number of aliphatic hydroxyl groups is 1. The Balaban J connectivity index is 4.03. The van der Waals surface area contributed by atoms with Crippen LogP contribution in [0.25, 0.3) is 0 Å². The fraction of sp³-hybridized carbons (Fsp3) is 0.833. The Bertz CT molecular complexity index is 276. The molecule has 14 heavy (non-hydrogen) atoms. The molecule has 8 heteroatoms. The van der Waals surface area contributed by atoms with Crippen LogP contribution < -0.4 is 5.73 Å². The molecule has 1 amide bonds. The van der Waals surface area contributed by atoms with Gasteiger partial charge < -0.3 is 10.8 Å². The number of nitrogens with zero attached hydrogens (tertiary/aromatic N) is 1. The molecule has 0 saturated carbocycles. The van der Waals surface area contributed by atoms with Crippen molar-refractivity contribution in [1.82, 2.24) is 4.90 Å². The van der Waals surface area contributed by atoms with Crippen LogP contribution in [0.5, 0.6) is 0 Å². The number of aliphatic hydroxyl groups excluding tert-OH is 1. The first-order valence-corrected chi connectivity index (χ1v) is 5.53. The molecule has 0 atom stereocenters. The van der Waals surface area contributed by atoms with E-state index in [0.717, 1.165) is 0 Å². The third-order valence-corrected chi connectivity index (χ3v) is 2.16. The highest BCUT2D eigenvalue weighted by Gasteiger charge is 2.11. The number of nitrogens with two attached hydrogens (primary N) is 1. The molecule has 0 heterocycles. The molecular formula is C6H14N2O5S. The molecule has 0 aliphatic rings. The van der Waals surface area contributed by atoms with Crippen LogP contribution in [0.2, 0.25) is 0 Å². The molecule has 0 radical (unpaired) electrons. The van der Waals surface area contributed by atoms with E-state index in [2.05, 4.69) is 0 Å². The molecule has 0 saturated heterocycles. The van der Waals surface area contributed by atoms with Crippen LogP contribution in [-0.4, -0.2) is 60.9 Å². The summed E-state index contributed by atoms with van der Waals surface area (Å²) >= 11 is 0. The lowest BCUT2D eigenvalue weighted by Crippen LogP contribution is -2.38. The molecule has 0 fully saturated rings. The largest absolute Gasteiger partial charge is 0.395 e. The van der Waals surface area contributed by atoms with Crippen LogP contribution in [0.4, 0.5) is 0 Å². The molecule has 0 rings (SSSR count). The minimum Gasteiger partial charge on any atom is -0.395 e. The minimum absolute atomic E-state index is 0.0394. The van der Waals surface area contributed by atoms with Gasteiger partial charge in [-0.3, -0.25) is 14.2 Å². The summed E-state index contributed by atoms with van der Waals surface area (Å²) in [6, 6.07) is 0. The smallest absolute Gasteiger partial charge is 0.266 e. The lowest BCUT2D eigenvalue weighted by atomic mass is 10.4. The zero-order valence-corrected chi connectivity index (χ0v) is 8.40. The number of amides is 1. The van der Waals surface area contributed by atoms with Crippen LogP contribution in [0.15, 0.2) is 0 Å². The van der Waals surface area contributed by atoms with Crippen LogP contribution in [0, 0.1) is 0 Å². The number of hydrogen-bond acceptors (Lipinski definition) is 5. The molecule has 0 aromatic heterocycles. The topological polar surface area (TPSA) is 121 Å². The average Bonchev–Trinajstić information content (AvgIpc) is 1.98. The highest BCUT2D eigenvalue weighted by molar-refractivity contribution is 7.85. The summed E-state index contributed by atoms with van der Waals surface area (Å²) in [4.78, 5) is 11.8. The lowest BCUT2D eigenvalue weighted by molar-refractivity contribution is -0.119. The van der Waals surface area contributed by atoms with E-state index in [1.54, 1.807) is 0 Å². The van der Waals surface area contributed by atoms with Gasteiger partial charge in [0.05, 0.1) is 18.9 Å². The third-order valence-electron chi connectivity index (χ3n) is 1.46. The van der Waals surface area contributed by atoms with Crippen LogP contribution in [0.3, 0.4) is 0 Å². The van der Waals surface area contributed by atoms with Gasteiger partial charge in [-0.1, -0.05) is 0 Å². The standard InChI is InChI=1S/C6H14N2O5S/c7-6(10)5-8(1-3-9)2-4-14(11,12)13/h9H,1-5H2,(H2,7,10)(H,11,12,13). The normalized spacial score (nSPS) is 11.9. The Hall–Kier alpha value is -0.700. The Morgan fingerprint density at radius 2 is 1.93 bits per heavy atom. The number of carbonyl (C=O) groups excluding carboxylic acids is 1. The van der Waals surface area contributed by atoms with Crippen molar-refractivity contribution >= 4 is 16.0 Å². The van der Waals surface area contributed by atoms with E-state index >= 15 is 0 Å². The van der Waals surface area contributed by atoms with Crippen molar-refractivity contribution < 1.29 is 22.9 Å². The first kappa shape index (κ1) is 13.3. The van der Waals surface area contributed by atoms with Gasteiger partial charge in [-0.2, -0.15) is 8.42 Å². The van der Waals surface area contributed by atoms with Gasteiger partial charge in [0.15, 0.2) is 0 Å². The highest BCUT2D eigenvalue weighted by Crippen LogP contribution is 1.90. The Morgan fingerprint density at radius 1 is 1.36 bits per heavy atom. The molecule has 0 spiro atoms. The van der Waals surface area contributed by atoms with E-state index in [4.69, 9.17) is 15.4 Å². The van der Waals surface area contributed by atoms with Gasteiger partial charge >= 0.3 is 0 Å². The molecule has 0 unspecified atom stereocenters. The van der Waals surface area contributed by atoms with Crippen molar-refractivity contribution in [3.05, 3.63) is 0 Å². The van der Waals surface area contributed by atoms with E-state index < -0.39 is 21.8 Å². The van der Waals surface area contributed by atoms with Gasteiger partial charge in [-0.05, 0) is 0 Å². The summed E-state index contributed by atoms with van der Waals surface area (Å²) in [5, 5.41) is 8.57. The van der Waals surface area contributed by atoms with Gasteiger partial charge in [0.1, 0.15) is 0 Å². The number of hydrogen-bond donors (Lipinski definition) is 3. The first-order valence-electron chi connectivity index (χ1n) is 3.92. The average molecular weight is 226 g/mol. The molecule has 0 bridgehead atoms. The van der Waals surface area contributed by atoms with Crippen molar-refractivity contribution in [3.8, 4) is 0 Å². The molecule has 0 aromatic rings. The quantitative estimate of drug-likeness (QED) is 0.418. The van der Waals surface area contributed by atoms with Crippen molar-refractivity contribution in [1.29, 1.82) is 0 Å². The summed E-state index contributed by atoms with van der Waals surface area (Å²) < 4.78 is 29.2. The monoisotopic (exact) mass is 226 g/mol. The zero-order valence-electron chi connectivity index (χ0n) is 7.59. The van der Waals surface area contributed by atoms with Gasteiger partial charge in [-0.15, -0.1) is 0 Å². The second kappa shape index (κ2) is 5.91. The van der Waals surface area contributed by atoms with E-state index in [1.807, 2.05) is 0 Å². The molecule has 0 aliphatic heterocycles. The van der Waals surface area contributed by atoms with Crippen molar-refractivity contribution in [2.45, 2.75) is 0 Å². The van der Waals surface area contributed by atoms with E-state index in [-0.39, 0.29) is 26.2 Å². The van der Waals surface area contributed by atoms with Gasteiger partial charge in [0.25, 0.3) is 10.1 Å². The van der Waals surface area contributed by atoms with E-state index in [1.165, 1.54) is 4.90 Å². The molecular weight excluding hydrogens is 212 g/mol. The maximum atomic E-state index is 10.5. The first-order chi connectivity index (χ1) is 6.35. The van der Waals surface area contributed by atoms with Crippen LogP contribution in [-0.2, 0) is 14.9 Å². The molecule has 4 N–H and O–H groups in total. The van der Waals surface area contributed by atoms with Crippen molar-refractivity contribution in [2.24, 2.45) is 5.73 Å². The molecule has 0 aromatic carbocycles. The summed E-state index contributed by atoms with van der Waals surface area (Å²) in [7, 11) is -4.05. The number of rotatable bonds is 7. The van der Waals surface area contributed by atoms with E-state index in [0.29, 0.717) is 0 Å². The van der Waals surface area contributed by atoms with E-state index in [9.17, 15) is 13.2 Å². The summed E-state index contributed by atoms with van der Waals surface area (Å²) in [6.45, 7) is -0.254. The maximum Gasteiger partial charge on any atom is 0.266 e. The van der Waals surface area contributed by atoms with Crippen molar-refractivity contribution in [2.75, 3.05) is 32.0 Å². The Labute approximate surface area is 82.2 Å². The predicted octanol–water partition coefficient (Wildman–Crippen LogP) is -2.35. The van der Waals surface area contributed by atoms with Crippen LogP contribution >= 0.6 is 0 Å². The SMILES string of the molecule is NC(=O)CN(CCO)CCS(=O)(=O)O. The maximum absolute atomic E-state index is 10.5. The van der Waals surface area contributed by atoms with Gasteiger partial charge in [0.2, 0.25) is 5.91 Å². The summed E-state index contributed by atoms with van der Waals surface area (Å²) in [6.07, 6.45) is 0.